The first-order valence-corrected chi connectivity index (χ1v) is 10.4. The number of amides is 1. The molecule has 4 aromatic rings. The number of ether oxygens (including phenoxy) is 1. The second-order valence-corrected chi connectivity index (χ2v) is 7.41. The quantitative estimate of drug-likeness (QED) is 0.467. The average Bonchev–Trinajstić information content (AvgIpc) is 3.64. The zero-order valence-corrected chi connectivity index (χ0v) is 17.8. The van der Waals surface area contributed by atoms with E-state index in [0.29, 0.717) is 12.2 Å². The predicted molar refractivity (Wildman–Crippen MR) is 120 cm³/mol. The van der Waals surface area contributed by atoms with Gasteiger partial charge >= 0.3 is 0 Å². The molecule has 2 aromatic heterocycles. The number of hydrazone groups is 1. The van der Waals surface area contributed by atoms with Gasteiger partial charge in [-0.1, -0.05) is 6.07 Å². The minimum absolute atomic E-state index is 0.0651. The Kier molecular flexibility index (Phi) is 5.54. The summed E-state index contributed by atoms with van der Waals surface area (Å²) in [7, 11) is 1.63. The number of methoxy groups -OCH3 is 1. The van der Waals surface area contributed by atoms with Crippen molar-refractivity contribution in [1.29, 1.82) is 0 Å². The molecule has 33 heavy (non-hydrogen) atoms. The molecule has 5 rings (SSSR count). The van der Waals surface area contributed by atoms with E-state index in [9.17, 15) is 4.79 Å². The van der Waals surface area contributed by atoms with Gasteiger partial charge in [-0.05, 0) is 70.6 Å². The summed E-state index contributed by atoms with van der Waals surface area (Å²) in [5.74, 6) is 1.28. The Bertz CT molecular complexity index is 1250. The van der Waals surface area contributed by atoms with Gasteiger partial charge in [-0.15, -0.1) is 5.10 Å². The lowest BCUT2D eigenvalue weighted by molar-refractivity contribution is -0.131. The van der Waals surface area contributed by atoms with Crippen molar-refractivity contribution in [2.24, 2.45) is 5.10 Å². The summed E-state index contributed by atoms with van der Waals surface area (Å²) in [6.45, 7) is 0.0651. The third-order valence-electron chi connectivity index (χ3n) is 5.36. The van der Waals surface area contributed by atoms with E-state index < -0.39 is 0 Å². The standard InChI is InChI=1S/C23H21N7O3/c1-32-19-9-7-16(8-10-19)20-13-21(22-6-3-11-33-22)30(26-20)23(31)14-24-17-4-2-5-18(12-17)29-15-25-27-28-29/h2-12,15,21,24H,13-14H2,1H3/t21-/m1/s1. The van der Waals surface area contributed by atoms with E-state index in [1.807, 2.05) is 60.7 Å². The second kappa shape index (κ2) is 8.95. The van der Waals surface area contributed by atoms with Crippen LogP contribution in [0.5, 0.6) is 5.75 Å². The molecule has 1 aliphatic rings. The number of carbonyl (C=O) groups excluding carboxylic acids is 1. The zero-order chi connectivity index (χ0) is 22.6. The fourth-order valence-corrected chi connectivity index (χ4v) is 3.70. The molecule has 0 saturated carbocycles. The van der Waals surface area contributed by atoms with Crippen molar-refractivity contribution in [3.63, 3.8) is 0 Å². The van der Waals surface area contributed by atoms with E-state index in [2.05, 4.69) is 25.9 Å². The molecular formula is C23H21N7O3. The van der Waals surface area contributed by atoms with Crippen LogP contribution in [-0.2, 0) is 4.79 Å². The molecule has 0 fully saturated rings. The lowest BCUT2D eigenvalue weighted by Gasteiger charge is -2.20. The Morgan fingerprint density at radius 2 is 2.06 bits per heavy atom. The second-order valence-electron chi connectivity index (χ2n) is 7.41. The first kappa shape index (κ1) is 20.4. The SMILES string of the molecule is COc1ccc(C2=NN(C(=O)CNc3cccc(-n4cnnn4)c3)[C@@H](c3ccco3)C2)cc1. The third kappa shape index (κ3) is 4.31. The van der Waals surface area contributed by atoms with E-state index in [4.69, 9.17) is 9.15 Å². The van der Waals surface area contributed by atoms with Gasteiger partial charge in [-0.25, -0.2) is 9.69 Å². The molecule has 10 heteroatoms. The van der Waals surface area contributed by atoms with Crippen molar-refractivity contribution < 1.29 is 13.9 Å². The van der Waals surface area contributed by atoms with Crippen LogP contribution in [0.25, 0.3) is 5.69 Å². The molecule has 166 valence electrons. The Morgan fingerprint density at radius 3 is 2.79 bits per heavy atom. The molecule has 10 nitrogen and oxygen atoms in total. The smallest absolute Gasteiger partial charge is 0.262 e. The van der Waals surface area contributed by atoms with E-state index in [1.165, 1.54) is 11.3 Å². The van der Waals surface area contributed by atoms with Gasteiger partial charge in [-0.2, -0.15) is 5.10 Å². The molecule has 0 aliphatic carbocycles. The Morgan fingerprint density at radius 1 is 1.18 bits per heavy atom. The predicted octanol–water partition coefficient (Wildman–Crippen LogP) is 3.05. The molecule has 0 unspecified atom stereocenters. The fraction of sp³-hybridized carbons (Fsp3) is 0.174. The Labute approximate surface area is 189 Å². The van der Waals surface area contributed by atoms with E-state index in [-0.39, 0.29) is 18.5 Å². The zero-order valence-electron chi connectivity index (χ0n) is 17.8. The molecule has 1 atom stereocenters. The van der Waals surface area contributed by atoms with E-state index in [1.54, 1.807) is 18.1 Å². The van der Waals surface area contributed by atoms with Crippen LogP contribution >= 0.6 is 0 Å². The molecule has 1 aliphatic heterocycles. The van der Waals surface area contributed by atoms with E-state index >= 15 is 0 Å². The van der Waals surface area contributed by atoms with Gasteiger partial charge in [0.15, 0.2) is 0 Å². The van der Waals surface area contributed by atoms with Crippen molar-refractivity contribution in [3.05, 3.63) is 84.6 Å². The maximum atomic E-state index is 13.2. The summed E-state index contributed by atoms with van der Waals surface area (Å²) in [4.78, 5) is 13.2. The highest BCUT2D eigenvalue weighted by molar-refractivity contribution is 6.03. The third-order valence-corrected chi connectivity index (χ3v) is 5.36. The molecule has 0 bridgehead atoms. The highest BCUT2D eigenvalue weighted by Gasteiger charge is 2.34. The number of tetrazole rings is 1. The summed E-state index contributed by atoms with van der Waals surface area (Å²) >= 11 is 0. The van der Waals surface area contributed by atoms with Crippen LogP contribution < -0.4 is 10.1 Å². The van der Waals surface area contributed by atoms with Gasteiger partial charge in [0.2, 0.25) is 0 Å². The molecule has 1 amide bonds. The molecule has 3 heterocycles. The van der Waals surface area contributed by atoms with Gasteiger partial charge in [0.25, 0.3) is 5.91 Å². The van der Waals surface area contributed by atoms with Crippen molar-refractivity contribution >= 4 is 17.3 Å². The summed E-state index contributed by atoms with van der Waals surface area (Å²) in [6, 6.07) is 18.5. The van der Waals surface area contributed by atoms with Gasteiger partial charge < -0.3 is 14.5 Å². The Balaban J connectivity index is 1.34. The minimum atomic E-state index is -0.307. The molecule has 0 saturated heterocycles. The number of nitrogens with zero attached hydrogens (tertiary/aromatic N) is 6. The summed E-state index contributed by atoms with van der Waals surface area (Å²) in [5, 5.41) is 20.5. The van der Waals surface area contributed by atoms with Gasteiger partial charge in [0.1, 0.15) is 23.9 Å². The highest BCUT2D eigenvalue weighted by Crippen LogP contribution is 2.33. The number of aromatic nitrogens is 4. The van der Waals surface area contributed by atoms with Crippen LogP contribution in [-0.4, -0.2) is 50.5 Å². The maximum Gasteiger partial charge on any atom is 0.262 e. The maximum absolute atomic E-state index is 13.2. The van der Waals surface area contributed by atoms with Crippen LogP contribution in [0.4, 0.5) is 5.69 Å². The van der Waals surface area contributed by atoms with Crippen molar-refractivity contribution in [2.75, 3.05) is 19.0 Å². The highest BCUT2D eigenvalue weighted by atomic mass is 16.5. The summed E-state index contributed by atoms with van der Waals surface area (Å²) in [6.07, 6.45) is 3.67. The van der Waals surface area contributed by atoms with Crippen LogP contribution in [0, 0.1) is 0 Å². The van der Waals surface area contributed by atoms with Gasteiger partial charge in [0, 0.05) is 12.1 Å². The van der Waals surface area contributed by atoms with Crippen LogP contribution in [0.15, 0.2) is 82.8 Å². The van der Waals surface area contributed by atoms with Crippen LogP contribution in [0.3, 0.4) is 0 Å². The largest absolute Gasteiger partial charge is 0.497 e. The van der Waals surface area contributed by atoms with Crippen molar-refractivity contribution in [3.8, 4) is 11.4 Å². The first-order chi connectivity index (χ1) is 16.2. The number of rotatable bonds is 7. The lowest BCUT2D eigenvalue weighted by Crippen LogP contribution is -2.32. The number of benzene rings is 2. The number of nitrogens with one attached hydrogen (secondary N) is 1. The number of hydrogen-bond acceptors (Lipinski definition) is 8. The van der Waals surface area contributed by atoms with Crippen molar-refractivity contribution in [2.45, 2.75) is 12.5 Å². The fourth-order valence-electron chi connectivity index (χ4n) is 3.70. The topological polar surface area (TPSA) is 111 Å². The lowest BCUT2D eigenvalue weighted by atomic mass is 10.0. The number of furan rings is 1. The van der Waals surface area contributed by atoms with E-state index in [0.717, 1.165) is 28.4 Å². The molecule has 0 radical (unpaired) electrons. The number of anilines is 1. The van der Waals surface area contributed by atoms with Gasteiger partial charge in [-0.3, -0.25) is 4.79 Å². The molecule has 0 spiro atoms. The molecule has 1 N–H and O–H groups in total. The molecule has 2 aromatic carbocycles. The first-order valence-electron chi connectivity index (χ1n) is 10.4. The molecular weight excluding hydrogens is 422 g/mol. The number of hydrogen-bond donors (Lipinski definition) is 1. The normalized spacial score (nSPS) is 15.4. The minimum Gasteiger partial charge on any atom is -0.497 e. The summed E-state index contributed by atoms with van der Waals surface area (Å²) in [5.41, 5.74) is 3.30. The monoisotopic (exact) mass is 443 g/mol. The average molecular weight is 443 g/mol. The van der Waals surface area contributed by atoms with Crippen molar-refractivity contribution in [1.82, 2.24) is 25.2 Å². The van der Waals surface area contributed by atoms with Gasteiger partial charge in [0.05, 0.1) is 31.3 Å². The van der Waals surface area contributed by atoms with Crippen LogP contribution in [0.1, 0.15) is 23.8 Å². The van der Waals surface area contributed by atoms with Crippen LogP contribution in [0.2, 0.25) is 0 Å². The summed E-state index contributed by atoms with van der Waals surface area (Å²) < 4.78 is 12.4. The number of carbonyl (C=O) groups is 1. The Hall–Kier alpha value is -4.47.